The van der Waals surface area contributed by atoms with Gasteiger partial charge in [0.15, 0.2) is 0 Å². The van der Waals surface area contributed by atoms with Gasteiger partial charge in [-0.3, -0.25) is 5.32 Å². The minimum Gasteiger partial charge on any atom is -0.450 e. The Labute approximate surface area is 127 Å². The van der Waals surface area contributed by atoms with E-state index in [1.165, 1.54) is 5.56 Å². The molecular weight excluding hydrogens is 286 g/mol. The maximum absolute atomic E-state index is 11.3. The number of nitrogens with two attached hydrogens (primary N) is 1. The van der Waals surface area contributed by atoms with Crippen LogP contribution in [0.2, 0.25) is 0 Å². The van der Waals surface area contributed by atoms with Crippen molar-refractivity contribution in [1.29, 1.82) is 0 Å². The average Bonchev–Trinajstić information content (AvgIpc) is 2.49. The van der Waals surface area contributed by atoms with Gasteiger partial charge in [-0.2, -0.15) is 0 Å². The number of ether oxygens (including phenoxy) is 1. The van der Waals surface area contributed by atoms with Crippen molar-refractivity contribution in [2.24, 2.45) is 0 Å². The number of hydrogen-bond donors (Lipinski definition) is 2. The lowest BCUT2D eigenvalue weighted by molar-refractivity contribution is 0.168. The summed E-state index contributed by atoms with van der Waals surface area (Å²) in [6.07, 6.45) is -0.532. The first-order chi connectivity index (χ1) is 10.2. The molecule has 5 nitrogen and oxygen atoms in total. The van der Waals surface area contributed by atoms with Gasteiger partial charge in [0, 0.05) is 5.75 Å². The van der Waals surface area contributed by atoms with Gasteiger partial charge in [0.25, 0.3) is 0 Å². The van der Waals surface area contributed by atoms with E-state index < -0.39 is 6.09 Å². The topological polar surface area (TPSA) is 77.2 Å². The molecule has 3 N–H and O–H groups in total. The van der Waals surface area contributed by atoms with Gasteiger partial charge in [0.05, 0.1) is 17.3 Å². The Bertz CT molecular complexity index is 605. The Morgan fingerprint density at radius 3 is 2.71 bits per heavy atom. The third-order valence-corrected chi connectivity index (χ3v) is 3.64. The summed E-state index contributed by atoms with van der Waals surface area (Å²) >= 11 is 1.59. The second-order valence-corrected chi connectivity index (χ2v) is 5.20. The number of thioether (sulfide) groups is 1. The lowest BCUT2D eigenvalue weighted by atomic mass is 10.2. The normalized spacial score (nSPS) is 10.1. The number of anilines is 2. The minimum atomic E-state index is -0.532. The zero-order chi connectivity index (χ0) is 15.1. The van der Waals surface area contributed by atoms with E-state index in [2.05, 4.69) is 22.4 Å². The van der Waals surface area contributed by atoms with Crippen LogP contribution in [0.25, 0.3) is 0 Å². The molecule has 2 aromatic rings. The molecule has 21 heavy (non-hydrogen) atoms. The van der Waals surface area contributed by atoms with Crippen LogP contribution in [0.15, 0.2) is 47.5 Å². The zero-order valence-corrected chi connectivity index (χ0v) is 12.5. The standard InChI is InChI=1S/C15H17N3O2S/c1-2-20-15(19)17-12-8-9-13(18-14(12)16)21-10-11-6-4-3-5-7-11/h3-9H,2,10H2,1H3,(H2,16,18)(H,17,19). The molecule has 0 atom stereocenters. The number of nitrogen functional groups attached to an aromatic ring is 1. The van der Waals surface area contributed by atoms with E-state index in [0.29, 0.717) is 12.3 Å². The van der Waals surface area contributed by atoms with Gasteiger partial charge in [0.1, 0.15) is 5.82 Å². The molecular formula is C15H17N3O2S. The molecule has 0 radical (unpaired) electrons. The van der Waals surface area contributed by atoms with Crippen molar-refractivity contribution in [2.45, 2.75) is 17.7 Å². The number of hydrogen-bond acceptors (Lipinski definition) is 5. The highest BCUT2D eigenvalue weighted by Gasteiger charge is 2.07. The Morgan fingerprint density at radius 2 is 2.05 bits per heavy atom. The van der Waals surface area contributed by atoms with Gasteiger partial charge in [-0.25, -0.2) is 9.78 Å². The van der Waals surface area contributed by atoms with Crippen molar-refractivity contribution in [1.82, 2.24) is 4.98 Å². The number of aromatic nitrogens is 1. The fourth-order valence-electron chi connectivity index (χ4n) is 1.65. The summed E-state index contributed by atoms with van der Waals surface area (Å²) in [5, 5.41) is 3.37. The Balaban J connectivity index is 1.97. The molecule has 6 heteroatoms. The first kappa shape index (κ1) is 15.2. The first-order valence-corrected chi connectivity index (χ1v) is 7.54. The van der Waals surface area contributed by atoms with E-state index in [1.807, 2.05) is 24.3 Å². The van der Waals surface area contributed by atoms with Crippen molar-refractivity contribution in [3.05, 3.63) is 48.0 Å². The third-order valence-electron chi connectivity index (χ3n) is 2.64. The molecule has 2 rings (SSSR count). The minimum absolute atomic E-state index is 0.279. The van der Waals surface area contributed by atoms with Crippen LogP contribution in [0.3, 0.4) is 0 Å². The van der Waals surface area contributed by atoms with Gasteiger partial charge in [-0.1, -0.05) is 30.3 Å². The van der Waals surface area contributed by atoms with E-state index in [-0.39, 0.29) is 5.82 Å². The molecule has 0 aliphatic carbocycles. The second kappa shape index (κ2) is 7.54. The van der Waals surface area contributed by atoms with Crippen molar-refractivity contribution < 1.29 is 9.53 Å². The number of rotatable bonds is 5. The molecule has 0 fully saturated rings. The molecule has 0 unspecified atom stereocenters. The van der Waals surface area contributed by atoms with Crippen molar-refractivity contribution >= 4 is 29.4 Å². The highest BCUT2D eigenvalue weighted by molar-refractivity contribution is 7.98. The number of nitrogens with one attached hydrogen (secondary N) is 1. The van der Waals surface area contributed by atoms with Gasteiger partial charge >= 0.3 is 6.09 Å². The molecule has 0 bridgehead atoms. The molecule has 1 aromatic heterocycles. The van der Waals surface area contributed by atoms with Crippen molar-refractivity contribution in [3.8, 4) is 0 Å². The molecule has 0 saturated carbocycles. The van der Waals surface area contributed by atoms with E-state index in [1.54, 1.807) is 24.8 Å². The number of nitrogens with zero attached hydrogens (tertiary/aromatic N) is 1. The largest absolute Gasteiger partial charge is 0.450 e. The lowest BCUT2D eigenvalue weighted by Crippen LogP contribution is -2.15. The first-order valence-electron chi connectivity index (χ1n) is 6.56. The molecule has 110 valence electrons. The number of carbonyl (C=O) groups is 1. The monoisotopic (exact) mass is 303 g/mol. The summed E-state index contributed by atoms with van der Waals surface area (Å²) in [4.78, 5) is 15.6. The van der Waals surface area contributed by atoms with Crippen LogP contribution < -0.4 is 11.1 Å². The Morgan fingerprint density at radius 1 is 1.29 bits per heavy atom. The molecule has 1 amide bonds. The third kappa shape index (κ3) is 4.68. The molecule has 1 aromatic carbocycles. The molecule has 0 aliphatic heterocycles. The smallest absolute Gasteiger partial charge is 0.411 e. The quantitative estimate of drug-likeness (QED) is 0.826. The van der Waals surface area contributed by atoms with Crippen LogP contribution in [0, 0.1) is 0 Å². The second-order valence-electron chi connectivity index (χ2n) is 4.20. The van der Waals surface area contributed by atoms with Gasteiger partial charge in [-0.15, -0.1) is 11.8 Å². The van der Waals surface area contributed by atoms with Gasteiger partial charge in [-0.05, 0) is 24.6 Å². The maximum Gasteiger partial charge on any atom is 0.411 e. The van der Waals surface area contributed by atoms with Crippen LogP contribution >= 0.6 is 11.8 Å². The number of benzene rings is 1. The predicted octanol–water partition coefficient (Wildman–Crippen LogP) is 3.52. The molecule has 0 aliphatic rings. The van der Waals surface area contributed by atoms with E-state index in [0.717, 1.165) is 10.8 Å². The van der Waals surface area contributed by atoms with E-state index in [4.69, 9.17) is 10.5 Å². The van der Waals surface area contributed by atoms with Crippen molar-refractivity contribution in [2.75, 3.05) is 17.7 Å². The lowest BCUT2D eigenvalue weighted by Gasteiger charge is -2.09. The summed E-state index contributed by atoms with van der Waals surface area (Å²) in [5.74, 6) is 1.10. The van der Waals surface area contributed by atoms with Crippen LogP contribution in [0.5, 0.6) is 0 Å². The van der Waals surface area contributed by atoms with Crippen LogP contribution in [0.4, 0.5) is 16.3 Å². The molecule has 0 saturated heterocycles. The number of amides is 1. The Kier molecular flexibility index (Phi) is 5.45. The highest BCUT2D eigenvalue weighted by Crippen LogP contribution is 2.25. The van der Waals surface area contributed by atoms with E-state index >= 15 is 0 Å². The van der Waals surface area contributed by atoms with Gasteiger partial charge in [0.2, 0.25) is 0 Å². The number of pyridine rings is 1. The van der Waals surface area contributed by atoms with Crippen molar-refractivity contribution in [3.63, 3.8) is 0 Å². The maximum atomic E-state index is 11.3. The summed E-state index contributed by atoms with van der Waals surface area (Å²) < 4.78 is 4.80. The van der Waals surface area contributed by atoms with E-state index in [9.17, 15) is 4.79 Å². The number of carbonyl (C=O) groups excluding carboxylic acids is 1. The average molecular weight is 303 g/mol. The fraction of sp³-hybridized carbons (Fsp3) is 0.200. The summed E-state index contributed by atoms with van der Waals surface area (Å²) in [5.41, 5.74) is 7.52. The predicted molar refractivity (Wildman–Crippen MR) is 85.3 cm³/mol. The van der Waals surface area contributed by atoms with Crippen LogP contribution in [0.1, 0.15) is 12.5 Å². The summed E-state index contributed by atoms with van der Waals surface area (Å²) in [6.45, 7) is 2.05. The zero-order valence-electron chi connectivity index (χ0n) is 11.7. The van der Waals surface area contributed by atoms with Crippen LogP contribution in [-0.4, -0.2) is 17.7 Å². The molecule has 1 heterocycles. The van der Waals surface area contributed by atoms with Gasteiger partial charge < -0.3 is 10.5 Å². The summed E-state index contributed by atoms with van der Waals surface area (Å²) in [7, 11) is 0. The Hall–Kier alpha value is -2.21. The van der Waals surface area contributed by atoms with Crippen LogP contribution in [-0.2, 0) is 10.5 Å². The fourth-order valence-corrected chi connectivity index (χ4v) is 2.49. The highest BCUT2D eigenvalue weighted by atomic mass is 32.2. The SMILES string of the molecule is CCOC(=O)Nc1ccc(SCc2ccccc2)nc1N. The molecule has 0 spiro atoms. The summed E-state index contributed by atoms with van der Waals surface area (Å²) in [6, 6.07) is 13.7.